The van der Waals surface area contributed by atoms with E-state index in [2.05, 4.69) is 17.1 Å². The molecule has 1 aromatic rings. The van der Waals surface area contributed by atoms with Crippen LogP contribution in [0.4, 0.5) is 5.69 Å². The van der Waals surface area contributed by atoms with Gasteiger partial charge in [0.15, 0.2) is 5.96 Å². The number of hydrogen-bond donors (Lipinski definition) is 1. The fourth-order valence-electron chi connectivity index (χ4n) is 4.25. The summed E-state index contributed by atoms with van der Waals surface area (Å²) in [6.45, 7) is 7.28. The Labute approximate surface area is 191 Å². The van der Waals surface area contributed by atoms with E-state index in [1.165, 1.54) is 12.8 Å². The first-order valence-electron chi connectivity index (χ1n) is 12.2. The first kappa shape index (κ1) is 24.5. The van der Waals surface area contributed by atoms with Gasteiger partial charge < -0.3 is 19.7 Å². The predicted octanol–water partition coefficient (Wildman–Crippen LogP) is 3.93. The Hall–Kier alpha value is -2.19. The number of aliphatic imine (C=N–C) groups is 1. The standard InChI is InChI=1S/C24H38N4O4/c1-2-25-24(26-15-5-3-7-20-9-11-21(12-10-20)28(29)30)27-16-13-22(14-17-27)32-19-23-8-4-6-18-31-23/h9-12,22-23H,2-8,13-19H2,1H3,(H,25,26). The van der Waals surface area contributed by atoms with Gasteiger partial charge in [0.05, 0.1) is 23.7 Å². The molecule has 2 saturated heterocycles. The normalized spacial score (nSPS) is 20.3. The predicted molar refractivity (Wildman–Crippen MR) is 126 cm³/mol. The van der Waals surface area contributed by atoms with Gasteiger partial charge in [0.1, 0.15) is 0 Å². The molecule has 2 aliphatic heterocycles. The summed E-state index contributed by atoms with van der Waals surface area (Å²) in [4.78, 5) is 17.6. The molecule has 2 heterocycles. The quantitative estimate of drug-likeness (QED) is 0.193. The van der Waals surface area contributed by atoms with Crippen molar-refractivity contribution in [3.05, 3.63) is 39.9 Å². The van der Waals surface area contributed by atoms with E-state index < -0.39 is 0 Å². The van der Waals surface area contributed by atoms with Crippen molar-refractivity contribution >= 4 is 11.6 Å². The SMILES string of the molecule is CCNC(=NCCCCc1ccc([N+](=O)[O-])cc1)N1CCC(OCC2CCCCO2)CC1. The molecule has 8 nitrogen and oxygen atoms in total. The zero-order valence-electron chi connectivity index (χ0n) is 19.3. The van der Waals surface area contributed by atoms with Crippen LogP contribution in [0.1, 0.15) is 57.4 Å². The van der Waals surface area contributed by atoms with Crippen molar-refractivity contribution in [2.45, 2.75) is 70.5 Å². The minimum Gasteiger partial charge on any atom is -0.376 e. The number of hydrogen-bond acceptors (Lipinski definition) is 5. The number of non-ortho nitro benzene ring substituents is 1. The van der Waals surface area contributed by atoms with Crippen LogP contribution < -0.4 is 5.32 Å². The maximum Gasteiger partial charge on any atom is 0.269 e. The number of unbranched alkanes of at least 4 members (excludes halogenated alkanes) is 1. The Kier molecular flexibility index (Phi) is 10.2. The van der Waals surface area contributed by atoms with E-state index in [9.17, 15) is 10.1 Å². The molecule has 0 radical (unpaired) electrons. The van der Waals surface area contributed by atoms with Crippen molar-refractivity contribution in [3.8, 4) is 0 Å². The van der Waals surface area contributed by atoms with Gasteiger partial charge in [0, 0.05) is 44.9 Å². The molecule has 32 heavy (non-hydrogen) atoms. The van der Waals surface area contributed by atoms with Crippen molar-refractivity contribution in [1.82, 2.24) is 10.2 Å². The maximum atomic E-state index is 10.7. The lowest BCUT2D eigenvalue weighted by atomic mass is 10.1. The molecule has 0 bridgehead atoms. The summed E-state index contributed by atoms with van der Waals surface area (Å²) in [6, 6.07) is 6.84. The van der Waals surface area contributed by atoms with Gasteiger partial charge in [-0.3, -0.25) is 15.1 Å². The molecule has 0 amide bonds. The molecule has 2 aliphatic rings. The number of piperidine rings is 1. The van der Waals surface area contributed by atoms with Crippen molar-refractivity contribution < 1.29 is 14.4 Å². The van der Waals surface area contributed by atoms with E-state index >= 15 is 0 Å². The minimum absolute atomic E-state index is 0.144. The summed E-state index contributed by atoms with van der Waals surface area (Å²) in [6.07, 6.45) is 9.13. The van der Waals surface area contributed by atoms with E-state index in [0.717, 1.165) is 89.4 Å². The van der Waals surface area contributed by atoms with Crippen molar-refractivity contribution in [3.63, 3.8) is 0 Å². The Morgan fingerprint density at radius 3 is 2.66 bits per heavy atom. The smallest absolute Gasteiger partial charge is 0.269 e. The number of ether oxygens (including phenoxy) is 2. The minimum atomic E-state index is -0.360. The first-order valence-corrected chi connectivity index (χ1v) is 12.2. The van der Waals surface area contributed by atoms with Crippen LogP contribution in [0.5, 0.6) is 0 Å². The highest BCUT2D eigenvalue weighted by molar-refractivity contribution is 5.80. The summed E-state index contributed by atoms with van der Waals surface area (Å²) in [5.41, 5.74) is 1.28. The number of nitro groups is 1. The van der Waals surface area contributed by atoms with Crippen LogP contribution >= 0.6 is 0 Å². The van der Waals surface area contributed by atoms with Crippen LogP contribution in [0.3, 0.4) is 0 Å². The van der Waals surface area contributed by atoms with Crippen LogP contribution in [-0.4, -0.2) is 67.4 Å². The second-order valence-corrected chi connectivity index (χ2v) is 8.62. The lowest BCUT2D eigenvalue weighted by Crippen LogP contribution is -2.47. The lowest BCUT2D eigenvalue weighted by molar-refractivity contribution is -0.384. The maximum absolute atomic E-state index is 10.7. The number of nitrogens with one attached hydrogen (secondary N) is 1. The summed E-state index contributed by atoms with van der Waals surface area (Å²) >= 11 is 0. The summed E-state index contributed by atoms with van der Waals surface area (Å²) < 4.78 is 11.9. The molecule has 0 aliphatic carbocycles. The molecule has 1 aromatic carbocycles. The summed E-state index contributed by atoms with van der Waals surface area (Å²) in [5, 5.41) is 14.2. The number of nitro benzene ring substituents is 1. The molecular weight excluding hydrogens is 408 g/mol. The average Bonchev–Trinajstić information content (AvgIpc) is 2.83. The Balaban J connectivity index is 1.35. The van der Waals surface area contributed by atoms with Gasteiger partial charge in [-0.2, -0.15) is 0 Å². The van der Waals surface area contributed by atoms with Gasteiger partial charge >= 0.3 is 0 Å². The van der Waals surface area contributed by atoms with E-state index in [-0.39, 0.29) is 16.7 Å². The van der Waals surface area contributed by atoms with E-state index in [1.54, 1.807) is 12.1 Å². The van der Waals surface area contributed by atoms with E-state index in [4.69, 9.17) is 14.5 Å². The van der Waals surface area contributed by atoms with Crippen LogP contribution in [-0.2, 0) is 15.9 Å². The highest BCUT2D eigenvalue weighted by Crippen LogP contribution is 2.18. The second-order valence-electron chi connectivity index (χ2n) is 8.62. The highest BCUT2D eigenvalue weighted by Gasteiger charge is 2.23. The number of guanidine groups is 1. The monoisotopic (exact) mass is 446 g/mol. The average molecular weight is 447 g/mol. The molecule has 178 valence electrons. The zero-order chi connectivity index (χ0) is 22.6. The van der Waals surface area contributed by atoms with Crippen molar-refractivity contribution in [2.24, 2.45) is 4.99 Å². The van der Waals surface area contributed by atoms with E-state index in [1.807, 2.05) is 12.1 Å². The third-order valence-electron chi connectivity index (χ3n) is 6.15. The van der Waals surface area contributed by atoms with Gasteiger partial charge in [-0.1, -0.05) is 12.1 Å². The molecular formula is C24H38N4O4. The van der Waals surface area contributed by atoms with Gasteiger partial charge in [0.25, 0.3) is 5.69 Å². The van der Waals surface area contributed by atoms with Gasteiger partial charge in [0.2, 0.25) is 0 Å². The molecule has 1 atom stereocenters. The van der Waals surface area contributed by atoms with Gasteiger partial charge in [-0.05, 0) is 63.9 Å². The lowest BCUT2D eigenvalue weighted by Gasteiger charge is -2.35. The van der Waals surface area contributed by atoms with E-state index in [0.29, 0.717) is 6.10 Å². The molecule has 1 unspecified atom stereocenters. The Morgan fingerprint density at radius 2 is 2.00 bits per heavy atom. The van der Waals surface area contributed by atoms with Crippen LogP contribution in [0.2, 0.25) is 0 Å². The number of benzene rings is 1. The molecule has 0 saturated carbocycles. The third-order valence-corrected chi connectivity index (χ3v) is 6.15. The Bertz CT molecular complexity index is 711. The van der Waals surface area contributed by atoms with Crippen LogP contribution in [0.25, 0.3) is 0 Å². The molecule has 8 heteroatoms. The zero-order valence-corrected chi connectivity index (χ0v) is 19.3. The van der Waals surface area contributed by atoms with Gasteiger partial charge in [-0.25, -0.2) is 0 Å². The number of likely N-dealkylation sites (tertiary alicyclic amines) is 1. The fourth-order valence-corrected chi connectivity index (χ4v) is 4.25. The first-order chi connectivity index (χ1) is 15.7. The molecule has 3 rings (SSSR count). The molecule has 0 spiro atoms. The van der Waals surface area contributed by atoms with Crippen LogP contribution in [0, 0.1) is 10.1 Å². The fraction of sp³-hybridized carbons (Fsp3) is 0.708. The number of rotatable bonds is 10. The number of aryl methyl sites for hydroxylation is 1. The van der Waals surface area contributed by atoms with Crippen LogP contribution in [0.15, 0.2) is 29.3 Å². The largest absolute Gasteiger partial charge is 0.376 e. The van der Waals surface area contributed by atoms with Crippen molar-refractivity contribution in [2.75, 3.05) is 39.4 Å². The molecule has 1 N–H and O–H groups in total. The summed E-state index contributed by atoms with van der Waals surface area (Å²) in [7, 11) is 0. The van der Waals surface area contributed by atoms with Crippen molar-refractivity contribution in [1.29, 1.82) is 0 Å². The highest BCUT2D eigenvalue weighted by atomic mass is 16.6. The van der Waals surface area contributed by atoms with Gasteiger partial charge in [-0.15, -0.1) is 0 Å². The number of nitrogens with zero attached hydrogens (tertiary/aromatic N) is 3. The Morgan fingerprint density at radius 1 is 1.22 bits per heavy atom. The third kappa shape index (κ3) is 8.06. The molecule has 0 aromatic heterocycles. The second kappa shape index (κ2) is 13.4. The summed E-state index contributed by atoms with van der Waals surface area (Å²) in [5.74, 6) is 0.997. The topological polar surface area (TPSA) is 89.2 Å². The molecule has 2 fully saturated rings.